The van der Waals surface area contributed by atoms with Gasteiger partial charge in [-0.15, -0.1) is 0 Å². The number of ether oxygens (including phenoxy) is 4. The van der Waals surface area contributed by atoms with Crippen molar-refractivity contribution in [2.75, 3.05) is 98.9 Å². The Labute approximate surface area is 595 Å². The number of esters is 4. The maximum atomic E-state index is 13.1. The van der Waals surface area contributed by atoms with E-state index in [1.54, 1.807) is 11.9 Å². The van der Waals surface area contributed by atoms with Crippen molar-refractivity contribution in [3.05, 3.63) is 48.6 Å². The van der Waals surface area contributed by atoms with Crippen LogP contribution in [0, 0.1) is 0 Å². The van der Waals surface area contributed by atoms with Gasteiger partial charge in [0.1, 0.15) is 26.4 Å². The van der Waals surface area contributed by atoms with Crippen LogP contribution < -0.4 is 10.6 Å². The molecule has 2 amide bonds. The lowest BCUT2D eigenvalue weighted by atomic mass is 10.1. The zero-order valence-electron chi connectivity index (χ0n) is 62.7. The van der Waals surface area contributed by atoms with Crippen LogP contribution in [0.4, 0.5) is 0 Å². The van der Waals surface area contributed by atoms with E-state index in [0.29, 0.717) is 169 Å². The number of rotatable bonds is 72. The number of carbonyl (C=O) groups excluding carboxylic acids is 6. The van der Waals surface area contributed by atoms with Crippen LogP contribution in [0.1, 0.15) is 297 Å². The van der Waals surface area contributed by atoms with Gasteiger partial charge in [-0.05, 0) is 123 Å². The van der Waals surface area contributed by atoms with Gasteiger partial charge in [-0.2, -0.15) is 0 Å². The number of likely N-dealkylation sites (N-methyl/N-ethyl adjacent to an activating group) is 1. The second-order valence-electron chi connectivity index (χ2n) is 27.1. The number of unbranched alkanes of at least 4 members (excludes halogenated alkanes) is 24. The third-order valence-electron chi connectivity index (χ3n) is 17.2. The van der Waals surface area contributed by atoms with Gasteiger partial charge in [0.15, 0.2) is 0 Å². The molecule has 4 atom stereocenters. The second-order valence-corrected chi connectivity index (χ2v) is 27.1. The fourth-order valence-electron chi connectivity index (χ4n) is 11.4. The summed E-state index contributed by atoms with van der Waals surface area (Å²) >= 11 is 0. The summed E-state index contributed by atoms with van der Waals surface area (Å²) in [6.45, 7) is 13.1. The van der Waals surface area contributed by atoms with E-state index in [1.807, 2.05) is 34.1 Å². The molecule has 570 valence electrons. The Bertz CT molecular complexity index is 1770. The number of carbonyl (C=O) groups is 6. The number of hydrogen-bond acceptors (Lipinski definition) is 17. The van der Waals surface area contributed by atoms with Crippen LogP contribution in [0.5, 0.6) is 0 Å². The lowest BCUT2D eigenvalue weighted by Crippen LogP contribution is -2.43. The van der Waals surface area contributed by atoms with Crippen LogP contribution in [0.3, 0.4) is 0 Å². The van der Waals surface area contributed by atoms with Gasteiger partial charge in [0.05, 0.1) is 37.5 Å². The van der Waals surface area contributed by atoms with Crippen molar-refractivity contribution >= 4 is 35.7 Å². The van der Waals surface area contributed by atoms with E-state index >= 15 is 0 Å². The molecule has 0 aliphatic rings. The normalized spacial score (nSPS) is 13.2. The van der Waals surface area contributed by atoms with Crippen LogP contribution in [-0.2, 0) is 47.7 Å². The number of aliphatic hydroxyl groups excluding tert-OH is 4. The molecule has 0 heterocycles. The number of amides is 2. The average molecular weight is 1390 g/mol. The minimum Gasteiger partial charge on any atom is -0.461 e. The maximum Gasteiger partial charge on any atom is 0.306 e. The molecular formula is C79H145N5O14. The van der Waals surface area contributed by atoms with Crippen LogP contribution in [0.25, 0.3) is 0 Å². The molecule has 0 aliphatic heterocycles. The zero-order valence-corrected chi connectivity index (χ0v) is 62.7. The number of nitrogens with zero attached hydrogens (tertiary/aromatic N) is 3. The van der Waals surface area contributed by atoms with Gasteiger partial charge < -0.3 is 50.0 Å². The van der Waals surface area contributed by atoms with E-state index in [1.165, 1.54) is 77.0 Å². The van der Waals surface area contributed by atoms with E-state index in [9.17, 15) is 49.2 Å². The minimum absolute atomic E-state index is 0.00201. The lowest BCUT2D eigenvalue weighted by Gasteiger charge is -2.27. The molecule has 0 rings (SSSR count). The Morgan fingerprint density at radius 2 is 0.571 bits per heavy atom. The largest absolute Gasteiger partial charge is 0.461 e. The van der Waals surface area contributed by atoms with E-state index in [4.69, 9.17) is 18.9 Å². The van der Waals surface area contributed by atoms with E-state index in [-0.39, 0.29) is 48.8 Å². The van der Waals surface area contributed by atoms with Gasteiger partial charge in [-0.1, -0.05) is 205 Å². The Morgan fingerprint density at radius 3 is 0.816 bits per heavy atom. The third-order valence-corrected chi connectivity index (χ3v) is 17.2. The van der Waals surface area contributed by atoms with Gasteiger partial charge in [-0.3, -0.25) is 43.5 Å². The molecule has 0 radical (unpaired) electrons. The fourth-order valence-corrected chi connectivity index (χ4v) is 11.4. The molecule has 0 aliphatic carbocycles. The summed E-state index contributed by atoms with van der Waals surface area (Å²) in [6.07, 6.45) is 49.9. The smallest absolute Gasteiger partial charge is 0.306 e. The zero-order chi connectivity index (χ0) is 72.0. The first-order valence-corrected chi connectivity index (χ1v) is 39.2. The third kappa shape index (κ3) is 67.3. The fraction of sp³-hybridized carbons (Fsp3) is 0.823. The highest BCUT2D eigenvalue weighted by Gasteiger charge is 2.20. The molecular weight excluding hydrogens is 1240 g/mol. The van der Waals surface area contributed by atoms with E-state index in [0.717, 1.165) is 103 Å². The number of hydrogen-bond donors (Lipinski definition) is 6. The van der Waals surface area contributed by atoms with Gasteiger partial charge in [0, 0.05) is 78.0 Å². The summed E-state index contributed by atoms with van der Waals surface area (Å²) in [7, 11) is 1.71. The molecule has 98 heavy (non-hydrogen) atoms. The van der Waals surface area contributed by atoms with Crippen molar-refractivity contribution in [3.63, 3.8) is 0 Å². The van der Waals surface area contributed by atoms with Gasteiger partial charge in [0.2, 0.25) is 11.8 Å². The van der Waals surface area contributed by atoms with Crippen molar-refractivity contribution in [2.24, 2.45) is 0 Å². The number of allylic oxidation sites excluding steroid dienone is 4. The summed E-state index contributed by atoms with van der Waals surface area (Å²) < 4.78 is 21.4. The van der Waals surface area contributed by atoms with E-state index < -0.39 is 24.4 Å². The predicted molar refractivity (Wildman–Crippen MR) is 397 cm³/mol. The standard InChI is InChI=1S/C79H145N5O14/c1-6-10-14-18-22-26-42-60-95-76(91)52-38-30-34-48-70(85)64-83(65-71(86)49-35-31-39-53-77(92)96-61-43-27-23-19-15-11-7-2)58-46-56-80-74(89)68-82(5)69-75(90)81-57-47-59-84(66-72(87)50-36-32-40-54-78(93)97-62-44-28-24-20-16-12-8-3)67-73(88)51-37-33-41-55-79(94)98-63-45-29-25-21-17-13-9-4/h26-29,42-45,70-73,85-88H,6-25,30-41,46-69H2,1-5H3,(H,80,89)(H,81,90)/b42-26-,43-27-,44-28-,45-29-. The molecule has 6 N–H and O–H groups in total. The second kappa shape index (κ2) is 70.9. The highest BCUT2D eigenvalue weighted by atomic mass is 16.5. The first kappa shape index (κ1) is 93.5. The van der Waals surface area contributed by atoms with Crippen molar-refractivity contribution in [3.8, 4) is 0 Å². The Hall–Kier alpha value is -4.50. The summed E-state index contributed by atoms with van der Waals surface area (Å²) in [6, 6.07) is 0. The van der Waals surface area contributed by atoms with Crippen LogP contribution in [-0.4, -0.2) is 194 Å². The molecule has 19 nitrogen and oxygen atoms in total. The van der Waals surface area contributed by atoms with Crippen LogP contribution in [0.2, 0.25) is 0 Å². The first-order chi connectivity index (χ1) is 47.6. The molecule has 4 unspecified atom stereocenters. The molecule has 0 saturated heterocycles. The van der Waals surface area contributed by atoms with Gasteiger partial charge in [-0.25, -0.2) is 0 Å². The van der Waals surface area contributed by atoms with Crippen molar-refractivity contribution in [2.45, 2.75) is 322 Å². The van der Waals surface area contributed by atoms with Gasteiger partial charge in [0.25, 0.3) is 0 Å². The predicted octanol–water partition coefficient (Wildman–Crippen LogP) is 14.1. The first-order valence-electron chi connectivity index (χ1n) is 39.2. The topological polar surface area (TPSA) is 254 Å². The molecule has 0 fully saturated rings. The summed E-state index contributed by atoms with van der Waals surface area (Å²) in [4.78, 5) is 81.0. The summed E-state index contributed by atoms with van der Waals surface area (Å²) in [5, 5.41) is 50.5. The molecule has 0 aromatic carbocycles. The molecule has 0 spiro atoms. The van der Waals surface area contributed by atoms with Crippen LogP contribution in [0.15, 0.2) is 48.6 Å². The number of aliphatic hydroxyl groups is 4. The van der Waals surface area contributed by atoms with Crippen molar-refractivity contribution < 1.29 is 68.1 Å². The highest BCUT2D eigenvalue weighted by molar-refractivity contribution is 5.81. The van der Waals surface area contributed by atoms with Crippen molar-refractivity contribution in [1.29, 1.82) is 0 Å². The van der Waals surface area contributed by atoms with Gasteiger partial charge >= 0.3 is 23.9 Å². The van der Waals surface area contributed by atoms with Crippen molar-refractivity contribution in [1.82, 2.24) is 25.3 Å². The average Bonchev–Trinajstić information content (AvgIpc) is 1.71. The minimum atomic E-state index is -0.646. The highest BCUT2D eigenvalue weighted by Crippen LogP contribution is 2.16. The Kier molecular flexibility index (Phi) is 67.7. The quantitative estimate of drug-likeness (QED) is 0.0143. The Balaban J connectivity index is 5.23. The molecule has 0 bridgehead atoms. The SMILES string of the molecule is CCCCCC/C=C\COC(=O)CCCCCC(O)CN(CCCNC(=O)CN(C)CC(=O)NCCCN(CC(O)CCCCCC(=O)OC/C=C\CCCCCC)CC(O)CCCCCC(=O)OC/C=C\CCCCCC)CC(O)CCCCCC(=O)OC/C=C\CCCCCC. The van der Waals surface area contributed by atoms with Crippen LogP contribution >= 0.6 is 0 Å². The molecule has 0 aromatic heterocycles. The lowest BCUT2D eigenvalue weighted by molar-refractivity contribution is -0.143. The molecule has 0 aromatic rings. The Morgan fingerprint density at radius 1 is 0.327 bits per heavy atom. The number of nitrogens with one attached hydrogen (secondary N) is 2. The maximum absolute atomic E-state index is 13.1. The van der Waals surface area contributed by atoms with E-state index in [2.05, 4.69) is 62.6 Å². The summed E-state index contributed by atoms with van der Waals surface area (Å²) in [5.41, 5.74) is 0. The molecule has 19 heteroatoms. The summed E-state index contributed by atoms with van der Waals surface area (Å²) in [5.74, 6) is -1.35. The molecule has 0 saturated carbocycles. The monoisotopic (exact) mass is 1390 g/mol.